The van der Waals surface area contributed by atoms with Gasteiger partial charge in [0.05, 0.1) is 23.6 Å². The molecule has 4 rings (SSSR count). The second-order valence-corrected chi connectivity index (χ2v) is 14.4. The molecule has 3 aromatic carbocycles. The second-order valence-electron chi connectivity index (χ2n) is 11.9. The highest BCUT2D eigenvalue weighted by Crippen LogP contribution is 2.50. The number of hydrogen-bond acceptors (Lipinski definition) is 7. The summed E-state index contributed by atoms with van der Waals surface area (Å²) in [6.07, 6.45) is 1.87. The van der Waals surface area contributed by atoms with E-state index in [0.29, 0.717) is 48.0 Å². The highest BCUT2D eigenvalue weighted by Gasteiger charge is 2.29. The van der Waals surface area contributed by atoms with E-state index in [0.717, 1.165) is 29.7 Å². The van der Waals surface area contributed by atoms with Gasteiger partial charge in [-0.2, -0.15) is 0 Å². The van der Waals surface area contributed by atoms with Crippen LogP contribution in [0.25, 0.3) is 0 Å². The van der Waals surface area contributed by atoms with Gasteiger partial charge in [-0.1, -0.05) is 54.1 Å². The zero-order valence-corrected chi connectivity index (χ0v) is 28.0. The largest absolute Gasteiger partial charge is 0.390 e. The summed E-state index contributed by atoms with van der Waals surface area (Å²) in [5, 5.41) is 21.9. The number of halogens is 2. The molecule has 44 heavy (non-hydrogen) atoms. The minimum absolute atomic E-state index is 0. The number of carbonyl (C=O) groups is 1. The first-order chi connectivity index (χ1) is 20.5. The van der Waals surface area contributed by atoms with Crippen molar-refractivity contribution in [3.8, 4) is 0 Å². The predicted octanol–water partition coefficient (Wildman–Crippen LogP) is 6.77. The van der Waals surface area contributed by atoms with Crippen molar-refractivity contribution >= 4 is 52.1 Å². The van der Waals surface area contributed by atoms with Crippen molar-refractivity contribution in [1.82, 2.24) is 10.6 Å². The maximum absolute atomic E-state index is 13.8. The Bertz CT molecular complexity index is 1360. The SMILES string of the molecule is CCNc1cc(C(=O)N[C@@H](Cc2ccccc2)[C@H](O)CNC(C)(C)Cc2cccc(Cl)c2)cc(N2CCCCS2(O)O)c1.Cl. The molecule has 11 heteroatoms. The minimum Gasteiger partial charge on any atom is -0.390 e. The Labute approximate surface area is 274 Å². The summed E-state index contributed by atoms with van der Waals surface area (Å²) in [4.78, 5) is 13.8. The van der Waals surface area contributed by atoms with Crippen LogP contribution in [0.4, 0.5) is 11.4 Å². The molecule has 1 saturated heterocycles. The van der Waals surface area contributed by atoms with Crippen LogP contribution in [0.15, 0.2) is 72.8 Å². The van der Waals surface area contributed by atoms with Crippen LogP contribution >= 0.6 is 34.8 Å². The smallest absolute Gasteiger partial charge is 0.251 e. The lowest BCUT2D eigenvalue weighted by Gasteiger charge is -2.47. The van der Waals surface area contributed by atoms with Gasteiger partial charge in [0.2, 0.25) is 0 Å². The molecular weight excluding hydrogens is 619 g/mol. The average Bonchev–Trinajstić information content (AvgIpc) is 2.95. The quantitative estimate of drug-likeness (QED) is 0.119. The fourth-order valence-electron chi connectivity index (χ4n) is 5.44. The van der Waals surface area contributed by atoms with Gasteiger partial charge in [-0.15, -0.1) is 23.2 Å². The zero-order valence-electron chi connectivity index (χ0n) is 25.6. The van der Waals surface area contributed by atoms with Crippen LogP contribution in [-0.2, 0) is 12.8 Å². The van der Waals surface area contributed by atoms with Crippen molar-refractivity contribution in [1.29, 1.82) is 0 Å². The molecule has 0 radical (unpaired) electrons. The Hall–Kier alpha value is -2.50. The Morgan fingerprint density at radius 1 is 1.02 bits per heavy atom. The van der Waals surface area contributed by atoms with Crippen LogP contribution in [0.5, 0.6) is 0 Å². The molecule has 0 bridgehead atoms. The third-order valence-corrected chi connectivity index (χ3v) is 9.81. The van der Waals surface area contributed by atoms with Crippen molar-refractivity contribution in [3.63, 3.8) is 0 Å². The third kappa shape index (κ3) is 10.3. The Balaban J connectivity index is 0.00000529. The molecule has 1 aliphatic heterocycles. The van der Waals surface area contributed by atoms with Crippen LogP contribution < -0.4 is 20.3 Å². The van der Waals surface area contributed by atoms with Gasteiger partial charge in [0.1, 0.15) is 0 Å². The number of nitrogens with one attached hydrogen (secondary N) is 3. The van der Waals surface area contributed by atoms with E-state index in [4.69, 9.17) is 11.6 Å². The van der Waals surface area contributed by atoms with Crippen LogP contribution in [0.2, 0.25) is 5.02 Å². The maximum atomic E-state index is 13.8. The van der Waals surface area contributed by atoms with Crippen molar-refractivity contribution in [2.45, 2.75) is 64.1 Å². The lowest BCUT2D eigenvalue weighted by atomic mass is 9.94. The Morgan fingerprint density at radius 2 is 1.75 bits per heavy atom. The number of rotatable bonds is 13. The molecule has 3 aromatic rings. The molecule has 1 aliphatic rings. The summed E-state index contributed by atoms with van der Waals surface area (Å²) in [5.41, 5.74) is 3.45. The lowest BCUT2D eigenvalue weighted by Crippen LogP contribution is -2.52. The molecule has 6 N–H and O–H groups in total. The molecule has 0 saturated carbocycles. The first kappa shape index (κ1) is 36.0. The number of benzene rings is 3. The van der Waals surface area contributed by atoms with Crippen molar-refractivity contribution < 1.29 is 19.0 Å². The maximum Gasteiger partial charge on any atom is 0.251 e. The average molecular weight is 666 g/mol. The molecule has 1 fully saturated rings. The van der Waals surface area contributed by atoms with Gasteiger partial charge in [-0.25, -0.2) is 0 Å². The Kier molecular flexibility index (Phi) is 13.2. The topological polar surface area (TPSA) is 117 Å². The number of amides is 1. The van der Waals surface area contributed by atoms with Crippen molar-refractivity contribution in [2.24, 2.45) is 0 Å². The van der Waals surface area contributed by atoms with Gasteiger partial charge in [-0.05, 0) is 87.9 Å². The number of aliphatic hydroxyl groups is 1. The van der Waals surface area contributed by atoms with E-state index >= 15 is 0 Å². The fraction of sp³-hybridized carbons (Fsp3) is 0.424. The van der Waals surface area contributed by atoms with E-state index in [1.165, 1.54) is 0 Å². The van der Waals surface area contributed by atoms with E-state index in [1.54, 1.807) is 16.4 Å². The molecular formula is C33H46Cl2N4O4S. The molecule has 242 valence electrons. The molecule has 0 spiro atoms. The van der Waals surface area contributed by atoms with Crippen LogP contribution in [0.3, 0.4) is 0 Å². The zero-order chi connectivity index (χ0) is 31.0. The van der Waals surface area contributed by atoms with Crippen molar-refractivity contribution in [3.05, 3.63) is 94.5 Å². The van der Waals surface area contributed by atoms with E-state index in [9.17, 15) is 19.0 Å². The second kappa shape index (κ2) is 16.2. The van der Waals surface area contributed by atoms with Crippen molar-refractivity contribution in [2.75, 3.05) is 35.0 Å². The minimum atomic E-state index is -2.96. The van der Waals surface area contributed by atoms with E-state index in [-0.39, 0.29) is 30.4 Å². The molecule has 0 unspecified atom stereocenters. The molecule has 0 aliphatic carbocycles. The number of nitrogens with zero attached hydrogens (tertiary/aromatic N) is 1. The van der Waals surface area contributed by atoms with Crippen LogP contribution in [0, 0.1) is 0 Å². The summed E-state index contributed by atoms with van der Waals surface area (Å²) in [6.45, 7) is 7.53. The lowest BCUT2D eigenvalue weighted by molar-refractivity contribution is 0.0814. The normalized spacial score (nSPS) is 16.8. The monoisotopic (exact) mass is 664 g/mol. The summed E-state index contributed by atoms with van der Waals surface area (Å²) >= 11 is 6.18. The highest BCUT2D eigenvalue weighted by atomic mass is 35.5. The van der Waals surface area contributed by atoms with Crippen LogP contribution in [-0.4, -0.2) is 63.2 Å². The van der Waals surface area contributed by atoms with Gasteiger partial charge in [0.15, 0.2) is 0 Å². The molecule has 2 atom stereocenters. The molecule has 0 aromatic heterocycles. The standard InChI is InChI=1S/C33H45ClN4O4S.ClH/c1-4-35-28-19-26(20-29(21-28)38-15-8-9-16-43(38,41)42)32(40)37-30(18-24-11-6-5-7-12-24)31(39)23-36-33(2,3)22-25-13-10-14-27(34)17-25;/h5-7,10-14,17,19-21,30-31,35-36,39,41-42H,4,8-9,15-16,18,22-23H2,1-3H3,(H,37,40);1H/t30-,31+;/m0./s1. The molecule has 1 amide bonds. The number of β-amino-alcohol motifs (C(OH)–C–C–N with tert-alkyl or cyclic N) is 1. The third-order valence-electron chi connectivity index (χ3n) is 7.64. The number of anilines is 2. The Morgan fingerprint density at radius 3 is 2.43 bits per heavy atom. The highest BCUT2D eigenvalue weighted by molar-refractivity contribution is 8.25. The van der Waals surface area contributed by atoms with E-state index in [1.807, 2.05) is 67.6 Å². The van der Waals surface area contributed by atoms with Gasteiger partial charge in [-0.3, -0.25) is 18.2 Å². The molecule has 8 nitrogen and oxygen atoms in total. The number of hydrogen-bond donors (Lipinski definition) is 6. The number of carbonyl (C=O) groups excluding carboxylic acids is 1. The summed E-state index contributed by atoms with van der Waals surface area (Å²) in [5.74, 6) is -0.0287. The fourth-order valence-corrected chi connectivity index (χ4v) is 7.33. The van der Waals surface area contributed by atoms with Gasteiger partial charge < -0.3 is 21.1 Å². The van der Waals surface area contributed by atoms with Gasteiger partial charge in [0, 0.05) is 41.4 Å². The first-order valence-corrected chi connectivity index (χ1v) is 17.0. The van der Waals surface area contributed by atoms with E-state index < -0.39 is 22.9 Å². The molecule has 1 heterocycles. The first-order valence-electron chi connectivity index (χ1n) is 14.9. The van der Waals surface area contributed by atoms with E-state index in [2.05, 4.69) is 29.8 Å². The summed E-state index contributed by atoms with van der Waals surface area (Å²) in [6, 6.07) is 22.3. The number of aliphatic hydroxyl groups excluding tert-OH is 1. The van der Waals surface area contributed by atoms with Gasteiger partial charge in [0.25, 0.3) is 5.91 Å². The predicted molar refractivity (Wildman–Crippen MR) is 187 cm³/mol. The van der Waals surface area contributed by atoms with Crippen LogP contribution in [0.1, 0.15) is 55.1 Å². The summed E-state index contributed by atoms with van der Waals surface area (Å²) in [7, 11) is -2.96. The summed E-state index contributed by atoms with van der Waals surface area (Å²) < 4.78 is 23.1. The van der Waals surface area contributed by atoms with Gasteiger partial charge >= 0.3 is 0 Å².